The number of hydrogen-bond donors (Lipinski definition) is 1. The van der Waals surface area contributed by atoms with Crippen LogP contribution in [-0.2, 0) is 0 Å². The van der Waals surface area contributed by atoms with E-state index in [4.69, 9.17) is 10.7 Å². The molecule has 0 unspecified atom stereocenters. The Hall–Kier alpha value is -2.93. The number of fused-ring (bicyclic) bond motifs is 1. The third kappa shape index (κ3) is 2.31. The first-order chi connectivity index (χ1) is 11.2. The van der Waals surface area contributed by atoms with Crippen LogP contribution in [0.2, 0.25) is 0 Å². The van der Waals surface area contributed by atoms with Crippen molar-refractivity contribution >= 4 is 11.3 Å². The van der Waals surface area contributed by atoms with E-state index in [-0.39, 0.29) is 0 Å². The summed E-state index contributed by atoms with van der Waals surface area (Å²) in [4.78, 5) is 8.96. The Balaban J connectivity index is 1.83. The third-order valence-corrected chi connectivity index (χ3v) is 4.41. The lowest BCUT2D eigenvalue weighted by Gasteiger charge is -2.23. The average Bonchev–Trinajstić information content (AvgIpc) is 2.85. The van der Waals surface area contributed by atoms with Gasteiger partial charge >= 0.3 is 0 Å². The number of imidazole rings is 1. The predicted molar refractivity (Wildman–Crippen MR) is 91.5 cm³/mol. The minimum absolute atomic E-state index is 0.470. The molecule has 0 aromatic carbocycles. The first-order valence-electron chi connectivity index (χ1n) is 7.79. The van der Waals surface area contributed by atoms with Crippen molar-refractivity contribution in [3.05, 3.63) is 66.3 Å². The summed E-state index contributed by atoms with van der Waals surface area (Å²) in [7, 11) is 0. The fraction of sp³-hybridized carbons (Fsp3) is 0.211. The van der Waals surface area contributed by atoms with Gasteiger partial charge in [-0.25, -0.2) is 9.97 Å². The van der Waals surface area contributed by atoms with Crippen LogP contribution in [0.25, 0.3) is 5.52 Å². The van der Waals surface area contributed by atoms with Crippen molar-refractivity contribution in [1.29, 1.82) is 0 Å². The summed E-state index contributed by atoms with van der Waals surface area (Å²) in [5, 5.41) is 0. The maximum Gasteiger partial charge on any atom is 0.150 e. The van der Waals surface area contributed by atoms with Gasteiger partial charge in [0.05, 0.1) is 0 Å². The molecule has 0 atom stereocenters. The van der Waals surface area contributed by atoms with Crippen LogP contribution in [-0.4, -0.2) is 14.4 Å². The number of nitrogens with zero attached hydrogens (tertiary/aromatic N) is 3. The quantitative estimate of drug-likeness (QED) is 0.650. The highest BCUT2D eigenvalue weighted by atomic mass is 15.1. The lowest BCUT2D eigenvalue weighted by atomic mass is 9.85. The van der Waals surface area contributed by atoms with E-state index in [1.165, 1.54) is 19.3 Å². The van der Waals surface area contributed by atoms with E-state index in [2.05, 4.69) is 23.4 Å². The summed E-state index contributed by atoms with van der Waals surface area (Å²) in [6, 6.07) is 0. The average molecular weight is 301 g/mol. The fourth-order valence-electron chi connectivity index (χ4n) is 2.90. The summed E-state index contributed by atoms with van der Waals surface area (Å²) in [5.74, 6) is 8.35. The third-order valence-electron chi connectivity index (χ3n) is 4.41. The molecule has 2 aromatic heterocycles. The van der Waals surface area contributed by atoms with Crippen LogP contribution < -0.4 is 5.73 Å². The molecule has 2 N–H and O–H groups in total. The largest absolute Gasteiger partial charge is 0.382 e. The molecule has 2 heterocycles. The van der Waals surface area contributed by atoms with Crippen LogP contribution in [0.15, 0.2) is 48.3 Å². The van der Waals surface area contributed by atoms with Gasteiger partial charge in [-0.1, -0.05) is 6.42 Å². The van der Waals surface area contributed by atoms with Gasteiger partial charge in [-0.2, -0.15) is 0 Å². The molecule has 0 spiro atoms. The molecule has 1 fully saturated rings. The van der Waals surface area contributed by atoms with E-state index in [1.807, 2.05) is 35.2 Å². The molecular formula is C19H17N4+. The minimum atomic E-state index is 0.470. The standard InChI is InChI=1S/C19H17N4/c1-13-5-2-3-6-14(13)9-10-16-17-18(20)21-11-12-23(17)19(22-16)15-7-4-8-15/h2-3,5-6,11-12,15H,1,4,7-8H2,(H2,20,21)/q+1. The minimum Gasteiger partial charge on any atom is -0.382 e. The van der Waals surface area contributed by atoms with E-state index in [0.29, 0.717) is 17.4 Å². The lowest BCUT2D eigenvalue weighted by molar-refractivity contribution is 0.400. The van der Waals surface area contributed by atoms with Crippen molar-refractivity contribution in [2.24, 2.45) is 0 Å². The van der Waals surface area contributed by atoms with Gasteiger partial charge < -0.3 is 5.73 Å². The van der Waals surface area contributed by atoms with E-state index < -0.39 is 0 Å². The van der Waals surface area contributed by atoms with Gasteiger partial charge in [0.15, 0.2) is 5.82 Å². The maximum atomic E-state index is 6.08. The molecule has 2 aromatic rings. The normalized spacial score (nSPS) is 17.2. The van der Waals surface area contributed by atoms with Gasteiger partial charge in [0, 0.05) is 43.0 Å². The Labute approximate surface area is 135 Å². The molecule has 4 heteroatoms. The van der Waals surface area contributed by atoms with Crippen molar-refractivity contribution in [2.45, 2.75) is 25.2 Å². The Morgan fingerprint density at radius 1 is 1.35 bits per heavy atom. The van der Waals surface area contributed by atoms with Crippen LogP contribution >= 0.6 is 0 Å². The molecule has 0 radical (unpaired) electrons. The smallest absolute Gasteiger partial charge is 0.150 e. The van der Waals surface area contributed by atoms with Gasteiger partial charge in [0.1, 0.15) is 28.2 Å². The SMILES string of the molecule is C=C1[CH+]C=CC=C1C#Cc1nc(C2CCC2)n2ccnc(N)c12. The van der Waals surface area contributed by atoms with Crippen molar-refractivity contribution in [3.8, 4) is 11.8 Å². The molecular weight excluding hydrogens is 284 g/mol. The lowest BCUT2D eigenvalue weighted by Crippen LogP contribution is -2.12. The van der Waals surface area contributed by atoms with Crippen molar-refractivity contribution < 1.29 is 0 Å². The molecule has 1 saturated carbocycles. The van der Waals surface area contributed by atoms with Crippen LogP contribution in [0.5, 0.6) is 0 Å². The number of allylic oxidation sites excluding steroid dienone is 5. The second-order valence-corrected chi connectivity index (χ2v) is 5.88. The van der Waals surface area contributed by atoms with Crippen molar-refractivity contribution in [1.82, 2.24) is 14.4 Å². The molecule has 0 amide bonds. The highest BCUT2D eigenvalue weighted by molar-refractivity contribution is 5.74. The summed E-state index contributed by atoms with van der Waals surface area (Å²) in [6.45, 7) is 4.00. The number of hydrogen-bond acceptors (Lipinski definition) is 3. The molecule has 23 heavy (non-hydrogen) atoms. The van der Waals surface area contributed by atoms with Crippen LogP contribution in [0.1, 0.15) is 36.7 Å². The molecule has 2 aliphatic rings. The molecule has 0 aliphatic heterocycles. The summed E-state index contributed by atoms with van der Waals surface area (Å²) >= 11 is 0. The topological polar surface area (TPSA) is 56.2 Å². The zero-order valence-corrected chi connectivity index (χ0v) is 12.8. The Morgan fingerprint density at radius 2 is 2.22 bits per heavy atom. The van der Waals surface area contributed by atoms with Crippen LogP contribution in [0, 0.1) is 18.3 Å². The molecule has 0 saturated heterocycles. The molecule has 2 aliphatic carbocycles. The van der Waals surface area contributed by atoms with E-state index in [0.717, 1.165) is 22.5 Å². The highest BCUT2D eigenvalue weighted by Gasteiger charge is 2.26. The Bertz CT molecular complexity index is 914. The second-order valence-electron chi connectivity index (χ2n) is 5.88. The summed E-state index contributed by atoms with van der Waals surface area (Å²) in [6.07, 6.45) is 15.1. The molecule has 4 rings (SSSR count). The first kappa shape index (κ1) is 13.7. The van der Waals surface area contributed by atoms with E-state index in [1.54, 1.807) is 6.20 Å². The maximum absolute atomic E-state index is 6.08. The van der Waals surface area contributed by atoms with Crippen molar-refractivity contribution in [3.63, 3.8) is 0 Å². The zero-order valence-electron chi connectivity index (χ0n) is 12.8. The number of nitrogens with two attached hydrogens (primary N) is 1. The number of aromatic nitrogens is 3. The number of anilines is 1. The molecule has 0 bridgehead atoms. The van der Waals surface area contributed by atoms with Gasteiger partial charge in [0.25, 0.3) is 0 Å². The van der Waals surface area contributed by atoms with Gasteiger partial charge in [-0.05, 0) is 31.3 Å². The van der Waals surface area contributed by atoms with Gasteiger partial charge in [-0.3, -0.25) is 4.40 Å². The number of rotatable bonds is 1. The fourth-order valence-corrected chi connectivity index (χ4v) is 2.90. The van der Waals surface area contributed by atoms with Gasteiger partial charge in [-0.15, -0.1) is 0 Å². The molecule has 112 valence electrons. The molecule has 4 nitrogen and oxygen atoms in total. The first-order valence-corrected chi connectivity index (χ1v) is 7.79. The van der Waals surface area contributed by atoms with Crippen LogP contribution in [0.4, 0.5) is 5.82 Å². The Morgan fingerprint density at radius 3 is 2.96 bits per heavy atom. The Kier molecular flexibility index (Phi) is 3.20. The zero-order chi connectivity index (χ0) is 15.8. The highest BCUT2D eigenvalue weighted by Crippen LogP contribution is 2.36. The predicted octanol–water partition coefficient (Wildman–Crippen LogP) is 3.19. The van der Waals surface area contributed by atoms with Crippen molar-refractivity contribution in [2.75, 3.05) is 5.73 Å². The summed E-state index contributed by atoms with van der Waals surface area (Å²) < 4.78 is 2.05. The number of nitrogen functional groups attached to an aromatic ring is 1. The van der Waals surface area contributed by atoms with E-state index >= 15 is 0 Å². The van der Waals surface area contributed by atoms with Crippen LogP contribution in [0.3, 0.4) is 0 Å². The van der Waals surface area contributed by atoms with Gasteiger partial charge in [0.2, 0.25) is 0 Å². The van der Waals surface area contributed by atoms with E-state index in [9.17, 15) is 0 Å². The summed E-state index contributed by atoms with van der Waals surface area (Å²) in [5.41, 5.74) is 9.40. The monoisotopic (exact) mass is 301 g/mol. The second kappa shape index (κ2) is 5.36.